The molecule has 3 unspecified atom stereocenters. The molecule has 0 radical (unpaired) electrons. The smallest absolute Gasteiger partial charge is 0.340 e. The third-order valence-corrected chi connectivity index (χ3v) is 13.0. The minimum atomic E-state index is -1.62. The van der Waals surface area contributed by atoms with Gasteiger partial charge in [0.2, 0.25) is 41.4 Å². The van der Waals surface area contributed by atoms with E-state index >= 15 is 4.39 Å². The molecular weight excluding hydrogens is 912 g/mol. The first-order valence-corrected chi connectivity index (χ1v) is 22.8. The van der Waals surface area contributed by atoms with E-state index in [0.717, 1.165) is 22.1 Å². The second-order valence-corrected chi connectivity index (χ2v) is 17.9. The second-order valence-electron chi connectivity index (χ2n) is 17.3. The van der Waals surface area contributed by atoms with Crippen LogP contribution in [0.5, 0.6) is 0 Å². The molecular formula is C45H53FN8O13S. The zero-order chi connectivity index (χ0) is 48.9. The number of pyridine rings is 2. The quantitative estimate of drug-likeness (QED) is 0.0180. The van der Waals surface area contributed by atoms with Crippen molar-refractivity contribution in [3.63, 3.8) is 0 Å². The van der Waals surface area contributed by atoms with E-state index in [1.807, 2.05) is 6.92 Å². The Hall–Kier alpha value is -6.30. The van der Waals surface area contributed by atoms with Gasteiger partial charge in [-0.15, -0.1) is 0 Å². The molecule has 6 N–H and O–H groups in total. The summed E-state index contributed by atoms with van der Waals surface area (Å²) in [4.78, 5) is 116. The van der Waals surface area contributed by atoms with E-state index in [2.05, 4.69) is 39.2 Å². The Labute approximate surface area is 394 Å². The Kier molecular flexibility index (Phi) is 15.6. The number of carbonyl (C=O) groups excluding carboxylic acids is 8. The van der Waals surface area contributed by atoms with Crippen LogP contribution in [0.2, 0.25) is 0 Å². The average Bonchev–Trinajstić information content (AvgIpc) is 3.79. The van der Waals surface area contributed by atoms with Gasteiger partial charge in [0.1, 0.15) is 19.2 Å². The highest BCUT2D eigenvalue weighted by Gasteiger charge is 2.42. The minimum absolute atomic E-state index is 0.0847. The molecule has 7 amide bonds. The number of rotatable bonds is 21. The van der Waals surface area contributed by atoms with Gasteiger partial charge in [-0.3, -0.25) is 43.3 Å². The average molecular weight is 965 g/mol. The summed E-state index contributed by atoms with van der Waals surface area (Å²) < 4.78 is 33.5. The summed E-state index contributed by atoms with van der Waals surface area (Å²) in [6, 6.07) is 2.98. The number of aliphatic hydroxyl groups excluding tert-OH is 1. The van der Waals surface area contributed by atoms with Gasteiger partial charge >= 0.3 is 5.97 Å². The van der Waals surface area contributed by atoms with Crippen LogP contribution in [-0.4, -0.2) is 131 Å². The monoisotopic (exact) mass is 964 g/mol. The van der Waals surface area contributed by atoms with Crippen LogP contribution in [0, 0.1) is 12.7 Å². The molecule has 3 aliphatic heterocycles. The number of unbranched alkanes of at least 4 members (excludes halogenated alkanes) is 2. The summed E-state index contributed by atoms with van der Waals surface area (Å²) in [5, 5.41) is 22.7. The summed E-state index contributed by atoms with van der Waals surface area (Å²) in [7, 11) is 0. The number of aliphatic hydroxyl groups is 1. The number of cyclic esters (lactones) is 1. The second kappa shape index (κ2) is 21.3. The number of aryl methyl sites for hydroxylation is 1. The number of thiol groups is 1. The molecule has 0 bridgehead atoms. The van der Waals surface area contributed by atoms with Crippen LogP contribution in [0.4, 0.5) is 4.39 Å². The molecule has 1 aromatic carbocycles. The standard InChI is InChI=1S/C45H53FN8O13S/c1-23-24-7-8-45(2,39-26-19-54-30(40(26)52-29(38(24)39)13-28(23)46)12-25-27(42(54)62)20-67-44(64)41(25)61)21-65-10-11-66-22-51-36(59)18-50-35(58)17-49-34(57)16-48-33(56)15-47-32(55)6-4-3-5-9-53-37(60)14-31(68)43(53)63/h12-13,31,41,61,68H,3-11,14-22H2,1-2H3,(H,47,55)(H,48,56)(H,49,57)(H,50,58)(H,51,59). The van der Waals surface area contributed by atoms with Crippen LogP contribution < -0.4 is 32.1 Å². The molecule has 1 fully saturated rings. The van der Waals surface area contributed by atoms with E-state index in [1.165, 1.54) is 11.0 Å². The fourth-order valence-electron chi connectivity index (χ4n) is 8.89. The summed E-state index contributed by atoms with van der Waals surface area (Å²) in [5.41, 5.74) is 3.67. The molecule has 0 spiro atoms. The highest BCUT2D eigenvalue weighted by Crippen LogP contribution is 2.48. The van der Waals surface area contributed by atoms with Crippen molar-refractivity contribution in [2.24, 2.45) is 0 Å². The van der Waals surface area contributed by atoms with Crippen LogP contribution in [-0.2, 0) is 77.6 Å². The maximum atomic E-state index is 15.3. The zero-order valence-corrected chi connectivity index (χ0v) is 38.4. The molecule has 68 heavy (non-hydrogen) atoms. The summed E-state index contributed by atoms with van der Waals surface area (Å²) in [6.45, 7) is 2.56. The fourth-order valence-corrected chi connectivity index (χ4v) is 9.18. The fraction of sp³-hybridized carbons (Fsp3) is 0.511. The predicted octanol–water partition coefficient (Wildman–Crippen LogP) is -0.644. The van der Waals surface area contributed by atoms with Gasteiger partial charge in [-0.05, 0) is 55.4 Å². The molecule has 0 saturated carbocycles. The first-order valence-electron chi connectivity index (χ1n) is 22.2. The molecule has 5 heterocycles. The number of likely N-dealkylation sites (tertiary alicyclic amines) is 1. The highest BCUT2D eigenvalue weighted by molar-refractivity contribution is 7.81. The van der Waals surface area contributed by atoms with Crippen molar-refractivity contribution in [3.8, 4) is 11.4 Å². The van der Waals surface area contributed by atoms with Gasteiger partial charge < -0.3 is 50.5 Å². The Morgan fingerprint density at radius 3 is 2.19 bits per heavy atom. The molecule has 3 aromatic rings. The normalized spacial score (nSPS) is 19.0. The van der Waals surface area contributed by atoms with E-state index in [1.54, 1.807) is 17.6 Å². The molecule has 1 saturated heterocycles. The van der Waals surface area contributed by atoms with E-state index in [4.69, 9.17) is 19.2 Å². The number of hydrogen-bond donors (Lipinski definition) is 7. The van der Waals surface area contributed by atoms with Gasteiger partial charge in [-0.25, -0.2) is 14.2 Å². The number of ether oxygens (including phenoxy) is 3. The van der Waals surface area contributed by atoms with Gasteiger partial charge in [-0.1, -0.05) is 13.3 Å². The third-order valence-electron chi connectivity index (χ3n) is 12.6. The van der Waals surface area contributed by atoms with Gasteiger partial charge in [0.05, 0.1) is 80.3 Å². The van der Waals surface area contributed by atoms with Crippen molar-refractivity contribution in [2.45, 2.75) is 88.7 Å². The molecule has 21 nitrogen and oxygen atoms in total. The van der Waals surface area contributed by atoms with E-state index < -0.39 is 77.4 Å². The molecule has 4 aliphatic rings. The Balaban J connectivity index is 0.779. The van der Waals surface area contributed by atoms with E-state index in [-0.39, 0.29) is 94.5 Å². The lowest BCUT2D eigenvalue weighted by Gasteiger charge is -2.37. The number of carbonyl (C=O) groups is 8. The van der Waals surface area contributed by atoms with E-state index in [9.17, 15) is 48.3 Å². The van der Waals surface area contributed by atoms with Crippen molar-refractivity contribution in [1.82, 2.24) is 41.0 Å². The van der Waals surface area contributed by atoms with Crippen LogP contribution in [0.25, 0.3) is 22.3 Å². The predicted molar refractivity (Wildman–Crippen MR) is 240 cm³/mol. The minimum Gasteiger partial charge on any atom is -0.458 e. The first-order chi connectivity index (χ1) is 32.5. The number of nitrogens with zero attached hydrogens (tertiary/aromatic N) is 3. The number of amides is 7. The summed E-state index contributed by atoms with van der Waals surface area (Å²) in [6.07, 6.45) is 1.37. The lowest BCUT2D eigenvalue weighted by molar-refractivity contribution is -0.157. The number of imide groups is 1. The topological polar surface area (TPSA) is 283 Å². The number of nitrogens with one attached hydrogen (secondary N) is 5. The Morgan fingerprint density at radius 2 is 1.53 bits per heavy atom. The summed E-state index contributed by atoms with van der Waals surface area (Å²) in [5.74, 6) is -4.73. The molecule has 7 rings (SSSR count). The third kappa shape index (κ3) is 10.8. The molecule has 364 valence electrons. The van der Waals surface area contributed by atoms with Gasteiger partial charge in [0, 0.05) is 47.4 Å². The first kappa shape index (κ1) is 49.6. The van der Waals surface area contributed by atoms with Gasteiger partial charge in [-0.2, -0.15) is 12.6 Å². The van der Waals surface area contributed by atoms with Gasteiger partial charge in [0.25, 0.3) is 5.56 Å². The lowest BCUT2D eigenvalue weighted by atomic mass is 9.69. The largest absolute Gasteiger partial charge is 0.458 e. The number of esters is 1. The summed E-state index contributed by atoms with van der Waals surface area (Å²) >= 11 is 4.08. The van der Waals surface area contributed by atoms with Crippen molar-refractivity contribution in [1.29, 1.82) is 0 Å². The van der Waals surface area contributed by atoms with Gasteiger partial charge in [0.15, 0.2) is 6.10 Å². The number of aromatic nitrogens is 2. The molecule has 2 aromatic heterocycles. The van der Waals surface area contributed by atoms with E-state index in [0.29, 0.717) is 54.6 Å². The van der Waals surface area contributed by atoms with Crippen LogP contribution >= 0.6 is 12.6 Å². The molecule has 1 aliphatic carbocycles. The maximum absolute atomic E-state index is 15.3. The van der Waals surface area contributed by atoms with Crippen molar-refractivity contribution < 1.29 is 62.1 Å². The number of hydrogen-bond acceptors (Lipinski definition) is 15. The number of halogens is 1. The lowest BCUT2D eigenvalue weighted by Crippen LogP contribution is -2.45. The highest BCUT2D eigenvalue weighted by atomic mass is 32.1. The number of fused-ring (bicyclic) bond motifs is 5. The SMILES string of the molecule is Cc1c(F)cc2nc3c(c4c2c1CCC4(C)COCCOCNC(=O)CNC(=O)CNC(=O)CNC(=O)CNC(=O)CCCCCN1C(=O)CC(S)C1=O)Cn1c-3cc2c(c1=O)COC(=O)C2O. The van der Waals surface area contributed by atoms with Crippen molar-refractivity contribution in [2.75, 3.05) is 59.3 Å². The Bertz CT molecular complexity index is 2640. The van der Waals surface area contributed by atoms with Crippen LogP contribution in [0.1, 0.15) is 84.9 Å². The van der Waals surface area contributed by atoms with Crippen LogP contribution in [0.3, 0.4) is 0 Å². The number of benzene rings is 1. The molecule has 3 atom stereocenters. The van der Waals surface area contributed by atoms with Crippen molar-refractivity contribution in [3.05, 3.63) is 61.7 Å². The zero-order valence-electron chi connectivity index (χ0n) is 37.6. The van der Waals surface area contributed by atoms with Crippen LogP contribution in [0.15, 0.2) is 16.9 Å². The Morgan fingerprint density at radius 1 is 0.882 bits per heavy atom. The molecule has 23 heteroatoms. The maximum Gasteiger partial charge on any atom is 0.340 e. The van der Waals surface area contributed by atoms with Crippen molar-refractivity contribution >= 4 is 70.9 Å².